The highest BCUT2D eigenvalue weighted by molar-refractivity contribution is 14.1. The number of rotatable bonds is 2. The number of aliphatic imine (C=N–C) groups is 1. The first-order chi connectivity index (χ1) is 12.6. The molecule has 6 nitrogen and oxygen atoms in total. The first kappa shape index (κ1) is 16.1. The molecule has 130 valence electrons. The van der Waals surface area contributed by atoms with Crippen LogP contribution in [0, 0.1) is 9.75 Å². The molecule has 26 heavy (non-hydrogen) atoms. The fourth-order valence-corrected chi connectivity index (χ4v) is 5.88. The molecule has 2 aromatic heterocycles. The van der Waals surface area contributed by atoms with E-state index >= 15 is 0 Å². The van der Waals surface area contributed by atoms with Gasteiger partial charge in [-0.15, -0.1) is 21.5 Å². The van der Waals surface area contributed by atoms with Crippen molar-refractivity contribution in [3.8, 4) is 5.00 Å². The first-order valence-corrected chi connectivity index (χ1v) is 10.1. The van der Waals surface area contributed by atoms with Crippen LogP contribution in [0.3, 0.4) is 0 Å². The van der Waals surface area contributed by atoms with Gasteiger partial charge in [-0.05, 0) is 18.4 Å². The molecule has 8 heteroatoms. The number of thiophene rings is 1. The van der Waals surface area contributed by atoms with Gasteiger partial charge in [0.2, 0.25) is 0 Å². The number of hydrogen-bond acceptors (Lipinski definition) is 5. The van der Waals surface area contributed by atoms with Crippen LogP contribution in [0.4, 0.5) is 0 Å². The van der Waals surface area contributed by atoms with Gasteiger partial charge in [0.15, 0.2) is 9.66 Å². The third-order valence-corrected chi connectivity index (χ3v) is 6.80. The minimum atomic E-state index is -0.728. The molecule has 0 amide bonds. The van der Waals surface area contributed by atoms with Crippen molar-refractivity contribution in [2.24, 2.45) is 10.9 Å². The Morgan fingerprint density at radius 1 is 1.23 bits per heavy atom. The molecule has 0 saturated heterocycles. The van der Waals surface area contributed by atoms with Crippen molar-refractivity contribution < 1.29 is 9.90 Å². The van der Waals surface area contributed by atoms with E-state index in [1.165, 1.54) is 0 Å². The van der Waals surface area contributed by atoms with Gasteiger partial charge in [0.25, 0.3) is 0 Å². The average Bonchev–Trinajstić information content (AvgIpc) is 3.27. The fraction of sp³-hybridized carbons (Fsp3) is 0.222. The minimum absolute atomic E-state index is 0.346. The lowest BCUT2D eigenvalue weighted by molar-refractivity contribution is -0.141. The smallest absolute Gasteiger partial charge is 0.307 e. The summed E-state index contributed by atoms with van der Waals surface area (Å²) in [7, 11) is 0. The van der Waals surface area contributed by atoms with Crippen LogP contribution in [0.2, 0.25) is 0 Å². The Morgan fingerprint density at radius 3 is 2.81 bits per heavy atom. The molecule has 0 bridgehead atoms. The summed E-state index contributed by atoms with van der Waals surface area (Å²) in [5, 5.41) is 19.0. The summed E-state index contributed by atoms with van der Waals surface area (Å²) in [5.41, 5.74) is 4.14. The molecule has 0 saturated carbocycles. The Morgan fingerprint density at radius 2 is 2.04 bits per heavy atom. The molecule has 1 aromatic carbocycles. The van der Waals surface area contributed by atoms with Crippen molar-refractivity contribution in [2.75, 3.05) is 0 Å². The van der Waals surface area contributed by atoms with Gasteiger partial charge in [0, 0.05) is 38.6 Å². The standard InChI is InChI=1S/C18H13IN4O2S/c19-18-22-21-13-8-20-15(9-4-2-1-3-5-9)14-11-6-10(17(24)25)7-12(11)26-16(14)23(13)18/h1-5,10H,6-8H2,(H,24,25). The summed E-state index contributed by atoms with van der Waals surface area (Å²) < 4.78 is 2.87. The summed E-state index contributed by atoms with van der Waals surface area (Å²) in [6.07, 6.45) is 1.13. The number of carboxylic acids is 1. The zero-order valence-electron chi connectivity index (χ0n) is 13.5. The largest absolute Gasteiger partial charge is 0.481 e. The van der Waals surface area contributed by atoms with E-state index in [0.717, 1.165) is 41.9 Å². The molecule has 3 aromatic rings. The van der Waals surface area contributed by atoms with E-state index in [9.17, 15) is 9.90 Å². The molecule has 1 unspecified atom stereocenters. The molecule has 0 fully saturated rings. The van der Waals surface area contributed by atoms with E-state index in [1.54, 1.807) is 11.3 Å². The molecule has 5 rings (SSSR count). The molecule has 0 radical (unpaired) electrons. The molecular weight excluding hydrogens is 463 g/mol. The lowest BCUT2D eigenvalue weighted by Gasteiger charge is -2.10. The van der Waals surface area contributed by atoms with Crippen molar-refractivity contribution in [3.05, 3.63) is 61.6 Å². The summed E-state index contributed by atoms with van der Waals surface area (Å²) in [6, 6.07) is 10.1. The zero-order chi connectivity index (χ0) is 17.8. The summed E-state index contributed by atoms with van der Waals surface area (Å²) in [6.45, 7) is 0.457. The summed E-state index contributed by atoms with van der Waals surface area (Å²) in [4.78, 5) is 17.5. The Labute approximate surface area is 166 Å². The van der Waals surface area contributed by atoms with Gasteiger partial charge in [-0.3, -0.25) is 14.4 Å². The minimum Gasteiger partial charge on any atom is -0.481 e. The number of halogens is 1. The van der Waals surface area contributed by atoms with Crippen LogP contribution in [-0.4, -0.2) is 31.6 Å². The van der Waals surface area contributed by atoms with Crippen LogP contribution in [0.5, 0.6) is 0 Å². The number of hydrogen-bond donors (Lipinski definition) is 1. The molecular formula is C18H13IN4O2S. The molecule has 1 atom stereocenters. The van der Waals surface area contributed by atoms with Crippen molar-refractivity contribution in [1.29, 1.82) is 0 Å². The number of carbonyl (C=O) groups is 1. The number of aromatic nitrogens is 3. The van der Waals surface area contributed by atoms with E-state index in [-0.39, 0.29) is 5.92 Å². The van der Waals surface area contributed by atoms with E-state index in [4.69, 9.17) is 4.99 Å². The predicted molar refractivity (Wildman–Crippen MR) is 106 cm³/mol. The normalized spacial score (nSPS) is 17.9. The first-order valence-electron chi connectivity index (χ1n) is 8.21. The number of aliphatic carboxylic acids is 1. The SMILES string of the molecule is O=C(O)C1Cc2sc3c(c2C1)C(c1ccccc1)=NCc1nnc(I)n1-3. The van der Waals surface area contributed by atoms with Crippen molar-refractivity contribution in [3.63, 3.8) is 0 Å². The lowest BCUT2D eigenvalue weighted by atomic mass is 9.98. The van der Waals surface area contributed by atoms with E-state index < -0.39 is 5.97 Å². The molecule has 0 spiro atoms. The van der Waals surface area contributed by atoms with Crippen LogP contribution in [0.15, 0.2) is 35.3 Å². The maximum absolute atomic E-state index is 11.5. The van der Waals surface area contributed by atoms with Crippen LogP contribution in [0.25, 0.3) is 5.00 Å². The predicted octanol–water partition coefficient (Wildman–Crippen LogP) is 3.08. The van der Waals surface area contributed by atoms with Crippen molar-refractivity contribution >= 4 is 45.6 Å². The second-order valence-electron chi connectivity index (χ2n) is 6.38. The Balaban J connectivity index is 1.76. The molecule has 3 heterocycles. The van der Waals surface area contributed by atoms with Crippen LogP contribution in [-0.2, 0) is 24.2 Å². The summed E-state index contributed by atoms with van der Waals surface area (Å²) >= 11 is 3.84. The monoisotopic (exact) mass is 476 g/mol. The van der Waals surface area contributed by atoms with E-state index in [0.29, 0.717) is 19.4 Å². The quantitative estimate of drug-likeness (QED) is 0.577. The Bertz CT molecular complexity index is 1070. The number of fused-ring (bicyclic) bond motifs is 5. The highest BCUT2D eigenvalue weighted by atomic mass is 127. The van der Waals surface area contributed by atoms with Gasteiger partial charge in [0.1, 0.15) is 11.5 Å². The number of carboxylic acid groups (broad SMARTS) is 1. The van der Waals surface area contributed by atoms with Gasteiger partial charge >= 0.3 is 5.97 Å². The van der Waals surface area contributed by atoms with Crippen molar-refractivity contribution in [2.45, 2.75) is 19.4 Å². The van der Waals surface area contributed by atoms with Crippen LogP contribution >= 0.6 is 33.9 Å². The van der Waals surface area contributed by atoms with Crippen molar-refractivity contribution in [1.82, 2.24) is 14.8 Å². The zero-order valence-corrected chi connectivity index (χ0v) is 16.5. The third-order valence-electron chi connectivity index (χ3n) is 4.86. The summed E-state index contributed by atoms with van der Waals surface area (Å²) in [5.74, 6) is -0.258. The highest BCUT2D eigenvalue weighted by Crippen LogP contribution is 2.43. The average molecular weight is 476 g/mol. The topological polar surface area (TPSA) is 80.4 Å². The second kappa shape index (κ2) is 5.98. The number of nitrogens with zero attached hydrogens (tertiary/aromatic N) is 4. The third kappa shape index (κ3) is 2.35. The Kier molecular flexibility index (Phi) is 3.71. The van der Waals surface area contributed by atoms with Gasteiger partial charge in [-0.1, -0.05) is 30.3 Å². The molecule has 1 aliphatic heterocycles. The van der Waals surface area contributed by atoms with Gasteiger partial charge in [-0.2, -0.15) is 0 Å². The second-order valence-corrected chi connectivity index (χ2v) is 8.43. The van der Waals surface area contributed by atoms with Gasteiger partial charge in [-0.25, -0.2) is 0 Å². The maximum atomic E-state index is 11.5. The molecule has 2 aliphatic rings. The van der Waals surface area contributed by atoms with Gasteiger partial charge < -0.3 is 5.11 Å². The maximum Gasteiger partial charge on any atom is 0.307 e. The lowest BCUT2D eigenvalue weighted by Crippen LogP contribution is -2.15. The van der Waals surface area contributed by atoms with E-state index in [1.807, 2.05) is 30.3 Å². The highest BCUT2D eigenvalue weighted by Gasteiger charge is 2.36. The van der Waals surface area contributed by atoms with Gasteiger partial charge in [0.05, 0.1) is 11.6 Å². The van der Waals surface area contributed by atoms with Crippen LogP contribution in [0.1, 0.15) is 27.4 Å². The number of benzene rings is 1. The fourth-order valence-electron chi connectivity index (χ4n) is 3.66. The molecule has 1 N–H and O–H groups in total. The van der Waals surface area contributed by atoms with Crippen LogP contribution < -0.4 is 0 Å². The Hall–Kier alpha value is -2.07. The molecule has 1 aliphatic carbocycles. The van der Waals surface area contributed by atoms with E-state index in [2.05, 4.69) is 37.4 Å².